The number of nitrogens with one attached hydrogen (secondary N) is 1. The fourth-order valence-electron chi connectivity index (χ4n) is 4.33. The highest BCUT2D eigenvalue weighted by Crippen LogP contribution is 2.43. The number of rotatable bonds is 9. The number of amides is 2. The van der Waals surface area contributed by atoms with E-state index in [2.05, 4.69) is 15.5 Å². The van der Waals surface area contributed by atoms with Gasteiger partial charge in [0.05, 0.1) is 13.4 Å². The highest BCUT2D eigenvalue weighted by molar-refractivity contribution is 8.00. The number of nitrogens with zero attached hydrogens (tertiary/aromatic N) is 3. The van der Waals surface area contributed by atoms with E-state index in [4.69, 9.17) is 24.8 Å². The number of oxime groups is 1. The number of aromatic nitrogens is 1. The Kier molecular flexibility index (Phi) is 7.74. The van der Waals surface area contributed by atoms with Gasteiger partial charge in [0.25, 0.3) is 11.8 Å². The summed E-state index contributed by atoms with van der Waals surface area (Å²) in [6.07, 6.45) is 3.64. The first kappa shape index (κ1) is 26.6. The number of carbonyl (C=O) groups is 3. The fraction of sp³-hybridized carbons (Fsp3) is 0.320. The Morgan fingerprint density at radius 1 is 1.28 bits per heavy atom. The summed E-state index contributed by atoms with van der Waals surface area (Å²) in [4.78, 5) is 50.0. The van der Waals surface area contributed by atoms with Gasteiger partial charge in [0.2, 0.25) is 0 Å². The number of β-lactam (4-membered cyclic amide) rings is 1. The average Bonchev–Trinajstić information content (AvgIpc) is 3.64. The van der Waals surface area contributed by atoms with Gasteiger partial charge in [-0.05, 0) is 23.8 Å². The Labute approximate surface area is 231 Å². The number of ether oxygens (including phenoxy) is 3. The number of esters is 1. The predicted octanol–water partition coefficient (Wildman–Crippen LogP) is 1.78. The molecule has 1 fully saturated rings. The molecule has 0 radical (unpaired) electrons. The maximum absolute atomic E-state index is 13.4. The van der Waals surface area contributed by atoms with E-state index in [0.717, 1.165) is 16.9 Å². The Morgan fingerprint density at radius 2 is 2.08 bits per heavy atom. The Bertz CT molecular complexity index is 1360. The summed E-state index contributed by atoms with van der Waals surface area (Å²) >= 11 is 2.57. The van der Waals surface area contributed by atoms with Crippen molar-refractivity contribution in [3.05, 3.63) is 64.5 Å². The summed E-state index contributed by atoms with van der Waals surface area (Å²) in [5.41, 5.74) is 7.38. The van der Waals surface area contributed by atoms with Crippen LogP contribution in [0.4, 0.5) is 5.13 Å². The first-order chi connectivity index (χ1) is 18.9. The molecule has 3 aliphatic rings. The van der Waals surface area contributed by atoms with E-state index in [-0.39, 0.29) is 34.9 Å². The second-order valence-electron chi connectivity index (χ2n) is 8.58. The van der Waals surface area contributed by atoms with Crippen molar-refractivity contribution in [2.24, 2.45) is 5.16 Å². The molecule has 3 N–H and O–H groups in total. The first-order valence-electron chi connectivity index (χ1n) is 11.8. The summed E-state index contributed by atoms with van der Waals surface area (Å²) in [7, 11) is 2.87. The monoisotopic (exact) mass is 571 g/mol. The van der Waals surface area contributed by atoms with Gasteiger partial charge in [-0.2, -0.15) is 0 Å². The summed E-state index contributed by atoms with van der Waals surface area (Å²) in [6, 6.07) is 6.23. The Morgan fingerprint density at radius 3 is 2.72 bits per heavy atom. The molecule has 3 aliphatic heterocycles. The van der Waals surface area contributed by atoms with Crippen molar-refractivity contribution in [2.45, 2.75) is 30.5 Å². The van der Waals surface area contributed by atoms with Gasteiger partial charge >= 0.3 is 5.97 Å². The van der Waals surface area contributed by atoms with Gasteiger partial charge in [-0.15, -0.1) is 23.1 Å². The number of benzene rings is 1. The third-order valence-electron chi connectivity index (χ3n) is 6.25. The van der Waals surface area contributed by atoms with Crippen LogP contribution in [0.15, 0.2) is 58.4 Å². The highest BCUT2D eigenvalue weighted by atomic mass is 32.2. The zero-order chi connectivity index (χ0) is 27.5. The number of carbonyl (C=O) groups excluding carboxylic acids is 3. The standard InChI is InChI=1S/C25H25N5O7S2/c1-34-14-7-5-13(6-8-14)10-37-24(33)20-15(17-4-3-9-36-17)11-38-23-19(22(32)30(20)23)28-21(31)18(29-35-2)16-12-39-25(26)27-16/h3,5-9,12,17,19,23H,4,10-11H2,1-2H3,(H2,26,27)(H,28,31)/b29-18-/t17-,19+,23+/m0/s1. The number of anilines is 1. The minimum absolute atomic E-state index is 0.0109. The topological polar surface area (TPSA) is 155 Å². The number of nitrogens with two attached hydrogens (primary N) is 1. The van der Waals surface area contributed by atoms with Crippen molar-refractivity contribution < 1.29 is 33.4 Å². The Hall–Kier alpha value is -4.04. The van der Waals surface area contributed by atoms with E-state index in [1.165, 1.54) is 23.8 Å². The second-order valence-corrected chi connectivity index (χ2v) is 10.6. The minimum Gasteiger partial charge on any atom is -0.497 e. The van der Waals surface area contributed by atoms with E-state index in [1.54, 1.807) is 43.0 Å². The summed E-state index contributed by atoms with van der Waals surface area (Å²) in [5.74, 6) is -0.636. The van der Waals surface area contributed by atoms with Gasteiger partial charge < -0.3 is 30.1 Å². The molecule has 0 spiro atoms. The molecule has 2 aromatic rings. The van der Waals surface area contributed by atoms with Crippen LogP contribution in [0.1, 0.15) is 17.7 Å². The lowest BCUT2D eigenvalue weighted by Gasteiger charge is -2.50. The van der Waals surface area contributed by atoms with Crippen LogP contribution >= 0.6 is 23.1 Å². The molecule has 14 heteroatoms. The number of nitrogen functional groups attached to an aromatic ring is 1. The highest BCUT2D eigenvalue weighted by Gasteiger charge is 2.55. The van der Waals surface area contributed by atoms with Crippen LogP contribution in [-0.2, 0) is 35.3 Å². The fourth-order valence-corrected chi connectivity index (χ4v) is 6.28. The SMILES string of the molecule is CO/N=C(\C(=O)N[C@@H]1C(=O)N2C(C(=O)OCc3ccc(OC)cc3)=C([C@@H]3CC=CO3)CS[C@H]12)c1csc(N)n1. The zero-order valence-corrected chi connectivity index (χ0v) is 22.6. The van der Waals surface area contributed by atoms with E-state index < -0.39 is 29.2 Å². The number of fused-ring (bicyclic) bond motifs is 1. The van der Waals surface area contributed by atoms with Crippen LogP contribution in [0.2, 0.25) is 0 Å². The molecule has 0 unspecified atom stereocenters. The molecule has 0 saturated carbocycles. The molecule has 204 valence electrons. The summed E-state index contributed by atoms with van der Waals surface area (Å²) in [5, 5.41) is 7.77. The van der Waals surface area contributed by atoms with E-state index >= 15 is 0 Å². The molecule has 2 amide bonds. The van der Waals surface area contributed by atoms with E-state index in [9.17, 15) is 14.4 Å². The number of thiazole rings is 1. The van der Waals surface area contributed by atoms with Crippen LogP contribution in [0.25, 0.3) is 0 Å². The van der Waals surface area contributed by atoms with Crippen molar-refractivity contribution in [1.82, 2.24) is 15.2 Å². The van der Waals surface area contributed by atoms with Gasteiger partial charge in [0, 0.05) is 23.1 Å². The number of thioether (sulfide) groups is 1. The maximum Gasteiger partial charge on any atom is 0.355 e. The minimum atomic E-state index is -0.894. The van der Waals surface area contributed by atoms with Crippen molar-refractivity contribution >= 4 is 51.7 Å². The van der Waals surface area contributed by atoms with Gasteiger partial charge in [0.15, 0.2) is 10.8 Å². The van der Waals surface area contributed by atoms with Crippen LogP contribution in [-0.4, -0.2) is 70.9 Å². The lowest BCUT2D eigenvalue weighted by molar-refractivity contribution is -0.153. The summed E-state index contributed by atoms with van der Waals surface area (Å²) < 4.78 is 16.5. The van der Waals surface area contributed by atoms with Crippen LogP contribution < -0.4 is 15.8 Å². The number of hydrogen-bond donors (Lipinski definition) is 2. The molecule has 1 aromatic heterocycles. The van der Waals surface area contributed by atoms with Crippen LogP contribution in [0, 0.1) is 0 Å². The first-order valence-corrected chi connectivity index (χ1v) is 13.8. The third-order valence-corrected chi connectivity index (χ3v) is 8.22. The molecule has 12 nitrogen and oxygen atoms in total. The van der Waals surface area contributed by atoms with Gasteiger partial charge in [-0.25, -0.2) is 9.78 Å². The van der Waals surface area contributed by atoms with E-state index in [1.807, 2.05) is 6.08 Å². The summed E-state index contributed by atoms with van der Waals surface area (Å²) in [6.45, 7) is 0.0109. The third kappa shape index (κ3) is 5.29. The second kappa shape index (κ2) is 11.4. The molecule has 0 aliphatic carbocycles. The van der Waals surface area contributed by atoms with Crippen molar-refractivity contribution in [3.63, 3.8) is 0 Å². The van der Waals surface area contributed by atoms with Crippen molar-refractivity contribution in [3.8, 4) is 5.75 Å². The molecule has 0 bridgehead atoms. The molecule has 4 heterocycles. The molecule has 1 aromatic carbocycles. The lowest BCUT2D eigenvalue weighted by atomic mass is 9.99. The average molecular weight is 572 g/mol. The number of methoxy groups -OCH3 is 1. The molecule has 1 saturated heterocycles. The van der Waals surface area contributed by atoms with Crippen molar-refractivity contribution in [2.75, 3.05) is 25.7 Å². The van der Waals surface area contributed by atoms with Gasteiger partial charge in [-0.1, -0.05) is 17.3 Å². The Balaban J connectivity index is 1.34. The molecule has 5 rings (SSSR count). The normalized spacial score (nSPS) is 22.1. The predicted molar refractivity (Wildman–Crippen MR) is 144 cm³/mol. The molecule has 3 atom stereocenters. The number of hydrogen-bond acceptors (Lipinski definition) is 12. The van der Waals surface area contributed by atoms with Gasteiger partial charge in [-0.3, -0.25) is 14.5 Å². The maximum atomic E-state index is 13.4. The quantitative estimate of drug-likeness (QED) is 0.197. The van der Waals surface area contributed by atoms with Crippen LogP contribution in [0.5, 0.6) is 5.75 Å². The smallest absolute Gasteiger partial charge is 0.355 e. The van der Waals surface area contributed by atoms with Gasteiger partial charge in [0.1, 0.15) is 48.4 Å². The lowest BCUT2D eigenvalue weighted by Crippen LogP contribution is -2.71. The van der Waals surface area contributed by atoms with E-state index in [0.29, 0.717) is 23.5 Å². The molecule has 39 heavy (non-hydrogen) atoms. The molecular weight excluding hydrogens is 546 g/mol. The molecular formula is C25H25N5O7S2. The largest absolute Gasteiger partial charge is 0.497 e. The zero-order valence-electron chi connectivity index (χ0n) is 21.0. The van der Waals surface area contributed by atoms with Crippen molar-refractivity contribution in [1.29, 1.82) is 0 Å². The van der Waals surface area contributed by atoms with Crippen LogP contribution in [0.3, 0.4) is 0 Å².